The molecule has 0 aromatic carbocycles. The molecular formula is C12H23N3O2. The molecule has 0 aromatic rings. The number of aliphatic carboxylic acids is 1. The van der Waals surface area contributed by atoms with Crippen LogP contribution in [0.4, 0.5) is 0 Å². The fourth-order valence-electron chi connectivity index (χ4n) is 2.85. The molecule has 0 aromatic heterocycles. The van der Waals surface area contributed by atoms with E-state index in [2.05, 4.69) is 29.5 Å². The molecule has 0 saturated carbocycles. The van der Waals surface area contributed by atoms with Crippen molar-refractivity contribution >= 4 is 5.97 Å². The molecule has 98 valence electrons. The minimum absolute atomic E-state index is 0.202. The Labute approximate surface area is 103 Å². The van der Waals surface area contributed by atoms with Gasteiger partial charge in [0.05, 0.1) is 12.0 Å². The van der Waals surface area contributed by atoms with Crippen molar-refractivity contribution in [1.29, 1.82) is 0 Å². The molecule has 2 unspecified atom stereocenters. The van der Waals surface area contributed by atoms with Crippen LogP contribution in [0, 0.1) is 0 Å². The molecule has 2 aliphatic heterocycles. The average Bonchev–Trinajstić information content (AvgIpc) is 2.19. The number of hydrogen-bond donors (Lipinski definition) is 3. The molecule has 2 aliphatic rings. The van der Waals surface area contributed by atoms with Crippen LogP contribution in [-0.4, -0.2) is 60.3 Å². The number of carboxylic acid groups (broad SMARTS) is 1. The molecule has 0 aliphatic carbocycles. The summed E-state index contributed by atoms with van der Waals surface area (Å²) in [6, 6.07) is 1.04. The van der Waals surface area contributed by atoms with Crippen LogP contribution < -0.4 is 10.6 Å². The van der Waals surface area contributed by atoms with E-state index < -0.39 is 5.97 Å². The lowest BCUT2D eigenvalue weighted by Gasteiger charge is -2.47. The first-order valence-electron chi connectivity index (χ1n) is 6.41. The Hall–Kier alpha value is -0.650. The van der Waals surface area contributed by atoms with E-state index in [0.29, 0.717) is 12.1 Å². The second-order valence-corrected chi connectivity index (χ2v) is 5.65. The molecule has 5 nitrogen and oxygen atoms in total. The summed E-state index contributed by atoms with van der Waals surface area (Å²) >= 11 is 0. The zero-order valence-corrected chi connectivity index (χ0v) is 10.7. The van der Waals surface area contributed by atoms with Crippen LogP contribution in [-0.2, 0) is 4.79 Å². The van der Waals surface area contributed by atoms with Crippen LogP contribution in [0.5, 0.6) is 0 Å². The lowest BCUT2D eigenvalue weighted by molar-refractivity contribution is -0.139. The minimum atomic E-state index is -0.708. The van der Waals surface area contributed by atoms with Crippen LogP contribution in [0.2, 0.25) is 0 Å². The summed E-state index contributed by atoms with van der Waals surface area (Å²) in [5.74, 6) is -0.708. The lowest BCUT2D eigenvalue weighted by atomic mass is 9.85. The number of carboxylic acids is 1. The molecule has 2 atom stereocenters. The fourth-order valence-corrected chi connectivity index (χ4v) is 2.85. The first-order valence-corrected chi connectivity index (χ1v) is 6.41. The Morgan fingerprint density at radius 2 is 2.29 bits per heavy atom. The monoisotopic (exact) mass is 241 g/mol. The summed E-state index contributed by atoms with van der Waals surface area (Å²) in [7, 11) is 2.15. The highest BCUT2D eigenvalue weighted by atomic mass is 16.4. The Balaban J connectivity index is 1.89. The van der Waals surface area contributed by atoms with Crippen molar-refractivity contribution in [2.24, 2.45) is 0 Å². The van der Waals surface area contributed by atoms with Crippen molar-refractivity contribution in [2.45, 2.75) is 43.8 Å². The number of carbonyl (C=O) groups is 1. The molecule has 0 bridgehead atoms. The summed E-state index contributed by atoms with van der Waals surface area (Å²) in [5, 5.41) is 15.7. The second kappa shape index (κ2) is 4.92. The normalized spacial score (nSPS) is 33.1. The second-order valence-electron chi connectivity index (χ2n) is 5.65. The Morgan fingerprint density at radius 3 is 2.76 bits per heavy atom. The quantitative estimate of drug-likeness (QED) is 0.640. The third-order valence-corrected chi connectivity index (χ3v) is 4.14. The molecule has 2 saturated heterocycles. The Morgan fingerprint density at radius 1 is 1.59 bits per heavy atom. The van der Waals surface area contributed by atoms with E-state index in [1.807, 2.05) is 0 Å². The highest BCUT2D eigenvalue weighted by Gasteiger charge is 2.41. The maximum absolute atomic E-state index is 10.9. The van der Waals surface area contributed by atoms with Gasteiger partial charge >= 0.3 is 5.97 Å². The topological polar surface area (TPSA) is 64.6 Å². The van der Waals surface area contributed by atoms with E-state index in [0.717, 1.165) is 32.5 Å². The lowest BCUT2D eigenvalue weighted by Crippen LogP contribution is -2.71. The molecule has 0 amide bonds. The first-order chi connectivity index (χ1) is 8.01. The van der Waals surface area contributed by atoms with Gasteiger partial charge < -0.3 is 20.6 Å². The van der Waals surface area contributed by atoms with Gasteiger partial charge in [0, 0.05) is 25.2 Å². The van der Waals surface area contributed by atoms with Crippen molar-refractivity contribution in [3.05, 3.63) is 0 Å². The average molecular weight is 241 g/mol. The van der Waals surface area contributed by atoms with Gasteiger partial charge in [0.15, 0.2) is 0 Å². The van der Waals surface area contributed by atoms with Crippen LogP contribution in [0.25, 0.3) is 0 Å². The minimum Gasteiger partial charge on any atom is -0.481 e. The van der Waals surface area contributed by atoms with Crippen molar-refractivity contribution in [2.75, 3.05) is 26.7 Å². The highest BCUT2D eigenvalue weighted by Crippen LogP contribution is 2.22. The van der Waals surface area contributed by atoms with Crippen molar-refractivity contribution in [3.63, 3.8) is 0 Å². The van der Waals surface area contributed by atoms with Crippen molar-refractivity contribution in [3.8, 4) is 0 Å². The van der Waals surface area contributed by atoms with Gasteiger partial charge in [-0.15, -0.1) is 0 Å². The molecule has 5 heteroatoms. The molecular weight excluding hydrogens is 218 g/mol. The predicted octanol–water partition coefficient (Wildman–Crippen LogP) is -0.125. The Bertz CT molecular complexity index is 291. The summed E-state index contributed by atoms with van der Waals surface area (Å²) in [6.45, 7) is 4.88. The summed E-state index contributed by atoms with van der Waals surface area (Å²) in [6.07, 6.45) is 2.45. The van der Waals surface area contributed by atoms with Gasteiger partial charge in [0.2, 0.25) is 0 Å². The van der Waals surface area contributed by atoms with Crippen LogP contribution in [0.1, 0.15) is 26.2 Å². The van der Waals surface area contributed by atoms with Crippen LogP contribution >= 0.6 is 0 Å². The summed E-state index contributed by atoms with van der Waals surface area (Å²) in [5.41, 5.74) is -0.202. The van der Waals surface area contributed by atoms with Crippen molar-refractivity contribution < 1.29 is 9.90 Å². The van der Waals surface area contributed by atoms with Gasteiger partial charge in [0.1, 0.15) is 0 Å². The van der Waals surface area contributed by atoms with Gasteiger partial charge in [-0.05, 0) is 33.4 Å². The van der Waals surface area contributed by atoms with E-state index in [1.54, 1.807) is 0 Å². The van der Waals surface area contributed by atoms with Gasteiger partial charge in [-0.3, -0.25) is 4.79 Å². The fraction of sp³-hybridized carbons (Fsp3) is 0.917. The van der Waals surface area contributed by atoms with E-state index in [9.17, 15) is 4.79 Å². The highest BCUT2D eigenvalue weighted by molar-refractivity contribution is 5.68. The summed E-state index contributed by atoms with van der Waals surface area (Å²) in [4.78, 5) is 13.3. The number of likely N-dealkylation sites (tertiary alicyclic amines) is 1. The third-order valence-electron chi connectivity index (χ3n) is 4.14. The predicted molar refractivity (Wildman–Crippen MR) is 66.1 cm³/mol. The van der Waals surface area contributed by atoms with Crippen molar-refractivity contribution in [1.82, 2.24) is 15.5 Å². The van der Waals surface area contributed by atoms with Gasteiger partial charge in [-0.1, -0.05) is 0 Å². The van der Waals surface area contributed by atoms with E-state index >= 15 is 0 Å². The Kier molecular flexibility index (Phi) is 3.70. The number of hydrogen-bond acceptors (Lipinski definition) is 4. The SMILES string of the molecule is CC1CC(NC2(CC(=O)O)CNC2)CCN1C. The molecule has 0 spiro atoms. The maximum atomic E-state index is 10.9. The zero-order valence-electron chi connectivity index (χ0n) is 10.7. The molecule has 2 fully saturated rings. The number of nitrogens with zero attached hydrogens (tertiary/aromatic N) is 1. The zero-order chi connectivity index (χ0) is 12.5. The molecule has 2 heterocycles. The smallest absolute Gasteiger partial charge is 0.305 e. The largest absolute Gasteiger partial charge is 0.481 e. The third kappa shape index (κ3) is 2.97. The van der Waals surface area contributed by atoms with Crippen LogP contribution in [0.15, 0.2) is 0 Å². The van der Waals surface area contributed by atoms with E-state index in [-0.39, 0.29) is 12.0 Å². The molecule has 2 rings (SSSR count). The number of rotatable bonds is 4. The van der Waals surface area contributed by atoms with Gasteiger partial charge in [-0.2, -0.15) is 0 Å². The first kappa shape index (κ1) is 12.8. The molecule has 17 heavy (non-hydrogen) atoms. The molecule has 0 radical (unpaired) electrons. The van der Waals surface area contributed by atoms with Gasteiger partial charge in [0.25, 0.3) is 0 Å². The molecule has 3 N–H and O–H groups in total. The summed E-state index contributed by atoms with van der Waals surface area (Å²) < 4.78 is 0. The number of piperidine rings is 1. The maximum Gasteiger partial charge on any atom is 0.305 e. The standard InChI is InChI=1S/C12H23N3O2/c1-9-5-10(3-4-15(9)2)14-12(6-11(16)17)7-13-8-12/h9-10,13-14H,3-8H2,1-2H3,(H,16,17). The number of nitrogens with one attached hydrogen (secondary N) is 2. The van der Waals surface area contributed by atoms with E-state index in [1.165, 1.54) is 0 Å². The van der Waals surface area contributed by atoms with Crippen LogP contribution in [0.3, 0.4) is 0 Å². The van der Waals surface area contributed by atoms with Gasteiger partial charge in [-0.25, -0.2) is 0 Å². The van der Waals surface area contributed by atoms with E-state index in [4.69, 9.17) is 5.11 Å².